The molecule has 2 heterocycles. The lowest BCUT2D eigenvalue weighted by atomic mass is 10.2. The number of aromatic nitrogens is 1. The van der Waals surface area contributed by atoms with Crippen molar-refractivity contribution in [1.82, 2.24) is 19.1 Å². The van der Waals surface area contributed by atoms with Crippen molar-refractivity contribution in [2.24, 2.45) is 0 Å². The molecule has 0 unspecified atom stereocenters. The van der Waals surface area contributed by atoms with Crippen molar-refractivity contribution < 1.29 is 27.5 Å². The Bertz CT molecular complexity index is 1500. The Morgan fingerprint density at radius 3 is 2.26 bits per heavy atom. The number of anilines is 1. The number of amides is 2. The van der Waals surface area contributed by atoms with Crippen molar-refractivity contribution in [3.8, 4) is 5.75 Å². The van der Waals surface area contributed by atoms with Crippen LogP contribution in [-0.4, -0.2) is 106 Å². The molecule has 0 radical (unpaired) electrons. The number of nitrogens with zero attached hydrogens (tertiary/aromatic N) is 5. The fraction of sp³-hybridized carbons (Fsp3) is 0.464. The lowest BCUT2D eigenvalue weighted by molar-refractivity contribution is 0.0933. The molecule has 14 heteroatoms. The lowest BCUT2D eigenvalue weighted by Gasteiger charge is -2.33. The number of thiazole rings is 1. The van der Waals surface area contributed by atoms with Crippen molar-refractivity contribution >= 4 is 60.3 Å². The molecule has 42 heavy (non-hydrogen) atoms. The zero-order valence-electron chi connectivity index (χ0n) is 24.2. The van der Waals surface area contributed by atoms with Crippen LogP contribution in [0.5, 0.6) is 5.75 Å². The highest BCUT2D eigenvalue weighted by Crippen LogP contribution is 2.39. The molecule has 0 spiro atoms. The van der Waals surface area contributed by atoms with E-state index in [9.17, 15) is 18.0 Å². The molecule has 0 saturated carbocycles. The lowest BCUT2D eigenvalue weighted by Crippen LogP contribution is -2.50. The monoisotopic (exact) mass is 637 g/mol. The number of methoxy groups -OCH3 is 1. The number of carbonyl (C=O) groups excluding carboxylic acids is 2. The van der Waals surface area contributed by atoms with Crippen molar-refractivity contribution in [1.29, 1.82) is 0 Å². The Labute approximate surface area is 255 Å². The molecule has 1 aliphatic heterocycles. The summed E-state index contributed by atoms with van der Waals surface area (Å²) in [5, 5.41) is 0.994. The SMILES string of the molecule is CCOC(=O)N1CCN(S(=O)(=O)c2ccc(C(=O)N(CCN(CC)CC)c3nc4c(OC)ccc(Cl)c4s3)cc2)CC1. The summed E-state index contributed by atoms with van der Waals surface area (Å²) >= 11 is 7.76. The van der Waals surface area contributed by atoms with Gasteiger partial charge in [0.2, 0.25) is 10.0 Å². The smallest absolute Gasteiger partial charge is 0.409 e. The predicted octanol–water partition coefficient (Wildman–Crippen LogP) is 4.41. The molecule has 1 aromatic heterocycles. The summed E-state index contributed by atoms with van der Waals surface area (Å²) < 4.78 is 39.2. The van der Waals surface area contributed by atoms with E-state index in [1.165, 1.54) is 44.8 Å². The molecule has 1 aliphatic rings. The van der Waals surface area contributed by atoms with E-state index < -0.39 is 16.1 Å². The average molecular weight is 638 g/mol. The maximum atomic E-state index is 13.9. The van der Waals surface area contributed by atoms with Gasteiger partial charge in [-0.2, -0.15) is 4.31 Å². The van der Waals surface area contributed by atoms with Gasteiger partial charge in [0.25, 0.3) is 5.91 Å². The van der Waals surface area contributed by atoms with Crippen LogP contribution in [0.1, 0.15) is 31.1 Å². The number of fused-ring (bicyclic) bond motifs is 1. The molecule has 1 saturated heterocycles. The fourth-order valence-electron chi connectivity index (χ4n) is 4.69. The second-order valence-electron chi connectivity index (χ2n) is 9.52. The molecule has 0 aliphatic carbocycles. The molecule has 0 bridgehead atoms. The van der Waals surface area contributed by atoms with Gasteiger partial charge in [0.1, 0.15) is 11.3 Å². The Kier molecular flexibility index (Phi) is 10.7. The van der Waals surface area contributed by atoms with Crippen molar-refractivity contribution in [2.45, 2.75) is 25.7 Å². The van der Waals surface area contributed by atoms with Gasteiger partial charge in [-0.05, 0) is 56.4 Å². The maximum Gasteiger partial charge on any atom is 0.409 e. The third-order valence-electron chi connectivity index (χ3n) is 7.18. The van der Waals surface area contributed by atoms with Crippen molar-refractivity contribution in [3.63, 3.8) is 0 Å². The number of likely N-dealkylation sites (N-methyl/N-ethyl adjacent to an activating group) is 1. The average Bonchev–Trinajstić information content (AvgIpc) is 3.46. The van der Waals surface area contributed by atoms with Crippen LogP contribution in [0.2, 0.25) is 5.02 Å². The summed E-state index contributed by atoms with van der Waals surface area (Å²) in [5.41, 5.74) is 0.910. The molecule has 0 N–H and O–H groups in total. The van der Waals surface area contributed by atoms with E-state index in [0.29, 0.717) is 40.1 Å². The van der Waals surface area contributed by atoms with Gasteiger partial charge in [-0.1, -0.05) is 36.8 Å². The van der Waals surface area contributed by atoms with Crippen LogP contribution in [0.15, 0.2) is 41.3 Å². The Balaban J connectivity index is 1.57. The van der Waals surface area contributed by atoms with Crippen molar-refractivity contribution in [2.75, 3.05) is 71.0 Å². The number of halogens is 1. The highest BCUT2D eigenvalue weighted by molar-refractivity contribution is 7.89. The van der Waals surface area contributed by atoms with Crippen LogP contribution in [-0.2, 0) is 14.8 Å². The van der Waals surface area contributed by atoms with Crippen LogP contribution in [0.4, 0.5) is 9.93 Å². The first kappa shape index (κ1) is 32.0. The summed E-state index contributed by atoms with van der Waals surface area (Å²) in [6.45, 7) is 9.59. The first-order chi connectivity index (χ1) is 20.1. The third kappa shape index (κ3) is 6.81. The van der Waals surface area contributed by atoms with Gasteiger partial charge in [-0.15, -0.1) is 0 Å². The van der Waals surface area contributed by atoms with E-state index >= 15 is 0 Å². The topological polar surface area (TPSA) is 113 Å². The van der Waals surface area contributed by atoms with Crippen LogP contribution < -0.4 is 9.64 Å². The van der Waals surface area contributed by atoms with Gasteiger partial charge in [0, 0.05) is 44.8 Å². The number of hydrogen-bond donors (Lipinski definition) is 0. The second kappa shape index (κ2) is 14.0. The van der Waals surface area contributed by atoms with Gasteiger partial charge in [-0.25, -0.2) is 18.2 Å². The molecule has 1 fully saturated rings. The summed E-state index contributed by atoms with van der Waals surface area (Å²) in [4.78, 5) is 36.0. The quantitative estimate of drug-likeness (QED) is 0.304. The molecule has 4 rings (SSSR count). The first-order valence-electron chi connectivity index (χ1n) is 13.8. The van der Waals surface area contributed by atoms with Gasteiger partial charge in [0.15, 0.2) is 5.13 Å². The third-order valence-corrected chi connectivity index (χ3v) is 10.6. The minimum Gasteiger partial charge on any atom is -0.494 e. The summed E-state index contributed by atoms with van der Waals surface area (Å²) in [6.07, 6.45) is -0.447. The molecule has 2 aromatic carbocycles. The zero-order chi connectivity index (χ0) is 30.4. The molecular weight excluding hydrogens is 602 g/mol. The van der Waals surface area contributed by atoms with E-state index in [1.807, 2.05) is 0 Å². The number of rotatable bonds is 11. The summed E-state index contributed by atoms with van der Waals surface area (Å²) in [5.74, 6) is 0.258. The van der Waals surface area contributed by atoms with Crippen LogP contribution >= 0.6 is 22.9 Å². The standard InChI is InChI=1S/C28H36ClN5O6S2/c1-5-31(6-2)14-19-34(27-30-24-23(39-4)13-12-22(29)25(24)41-27)26(35)20-8-10-21(11-9-20)42(37,38)33-17-15-32(16-18-33)28(36)40-7-3/h8-13H,5-7,14-19H2,1-4H3. The van der Waals surface area contributed by atoms with Crippen LogP contribution in [0.25, 0.3) is 10.2 Å². The molecule has 2 amide bonds. The minimum atomic E-state index is -3.81. The number of carbonyl (C=O) groups is 2. The minimum absolute atomic E-state index is 0.0785. The maximum absolute atomic E-state index is 13.9. The highest BCUT2D eigenvalue weighted by Gasteiger charge is 2.31. The Hall–Kier alpha value is -2.97. The summed E-state index contributed by atoms with van der Waals surface area (Å²) in [7, 11) is -2.26. The second-order valence-corrected chi connectivity index (χ2v) is 12.8. The highest BCUT2D eigenvalue weighted by atomic mass is 35.5. The normalized spacial score (nSPS) is 14.4. The van der Waals surface area contributed by atoms with Gasteiger partial charge in [0.05, 0.1) is 28.3 Å². The number of piperazine rings is 1. The zero-order valence-corrected chi connectivity index (χ0v) is 26.6. The number of hydrogen-bond acceptors (Lipinski definition) is 9. The number of sulfonamides is 1. The molecule has 11 nitrogen and oxygen atoms in total. The molecular formula is C28H36ClN5O6S2. The number of ether oxygens (including phenoxy) is 2. The predicted molar refractivity (Wildman–Crippen MR) is 164 cm³/mol. The van der Waals surface area contributed by atoms with E-state index in [4.69, 9.17) is 26.1 Å². The van der Waals surface area contributed by atoms with E-state index in [2.05, 4.69) is 18.7 Å². The summed E-state index contributed by atoms with van der Waals surface area (Å²) in [6, 6.07) is 9.42. The van der Waals surface area contributed by atoms with E-state index in [1.54, 1.807) is 31.1 Å². The molecule has 0 atom stereocenters. The Morgan fingerprint density at radius 1 is 1.00 bits per heavy atom. The molecule has 3 aromatic rings. The van der Waals surface area contributed by atoms with Crippen LogP contribution in [0.3, 0.4) is 0 Å². The van der Waals surface area contributed by atoms with Gasteiger partial charge >= 0.3 is 6.09 Å². The van der Waals surface area contributed by atoms with E-state index in [-0.39, 0.29) is 43.6 Å². The number of benzene rings is 2. The van der Waals surface area contributed by atoms with E-state index in [0.717, 1.165) is 17.8 Å². The van der Waals surface area contributed by atoms with Crippen molar-refractivity contribution in [3.05, 3.63) is 47.0 Å². The fourth-order valence-corrected chi connectivity index (χ4v) is 7.39. The molecule has 228 valence electrons. The van der Waals surface area contributed by atoms with Crippen LogP contribution in [0, 0.1) is 0 Å². The van der Waals surface area contributed by atoms with Gasteiger partial charge < -0.3 is 19.3 Å². The first-order valence-corrected chi connectivity index (χ1v) is 16.5. The largest absolute Gasteiger partial charge is 0.494 e. The Morgan fingerprint density at radius 2 is 1.67 bits per heavy atom. The van der Waals surface area contributed by atoms with Gasteiger partial charge in [-0.3, -0.25) is 9.69 Å².